The fourth-order valence-electron chi connectivity index (χ4n) is 3.24. The van der Waals surface area contributed by atoms with Gasteiger partial charge in [0.15, 0.2) is 5.82 Å². The molecule has 0 saturated carbocycles. The molecule has 0 unspecified atom stereocenters. The van der Waals surface area contributed by atoms with Crippen molar-refractivity contribution in [3.05, 3.63) is 65.0 Å². The van der Waals surface area contributed by atoms with Gasteiger partial charge in [0.05, 0.1) is 6.42 Å². The molecule has 2 N–H and O–H groups in total. The Labute approximate surface area is 170 Å². The van der Waals surface area contributed by atoms with Gasteiger partial charge in [0.2, 0.25) is 5.91 Å². The molecule has 1 amide bonds. The molecule has 2 aromatic carbocycles. The minimum Gasteiger partial charge on any atom is -0.334 e. The molecule has 2 heterocycles. The van der Waals surface area contributed by atoms with Crippen LogP contribution in [0.25, 0.3) is 11.5 Å². The second-order valence-electron chi connectivity index (χ2n) is 6.84. The SMILES string of the molecule is Cc1ccc(NC(=O)Cc2noc(-c3ccc4c(c3)CCNCC4)n2)cc1.Cl. The monoisotopic (exact) mass is 398 g/mol. The van der Waals surface area contributed by atoms with E-state index in [0.29, 0.717) is 11.7 Å². The van der Waals surface area contributed by atoms with Crippen molar-refractivity contribution in [2.75, 3.05) is 18.4 Å². The zero-order valence-electron chi connectivity index (χ0n) is 15.7. The lowest BCUT2D eigenvalue weighted by Crippen LogP contribution is -2.16. The molecule has 4 rings (SSSR count). The van der Waals surface area contributed by atoms with Crippen LogP contribution in [0.5, 0.6) is 0 Å². The Hall–Kier alpha value is -2.70. The zero-order chi connectivity index (χ0) is 18.6. The normalized spacial score (nSPS) is 13.2. The van der Waals surface area contributed by atoms with Gasteiger partial charge in [-0.1, -0.05) is 28.9 Å². The summed E-state index contributed by atoms with van der Waals surface area (Å²) in [7, 11) is 0. The number of fused-ring (bicyclic) bond motifs is 1. The lowest BCUT2D eigenvalue weighted by atomic mass is 10.00. The number of benzene rings is 2. The quantitative estimate of drug-likeness (QED) is 0.704. The minimum absolute atomic E-state index is 0. The van der Waals surface area contributed by atoms with Crippen molar-refractivity contribution in [1.82, 2.24) is 15.5 Å². The molecular formula is C21H23ClN4O2. The fraction of sp³-hybridized carbons (Fsp3) is 0.286. The van der Waals surface area contributed by atoms with Gasteiger partial charge in [-0.25, -0.2) is 0 Å². The van der Waals surface area contributed by atoms with Crippen molar-refractivity contribution < 1.29 is 9.32 Å². The molecule has 1 aromatic heterocycles. The van der Waals surface area contributed by atoms with E-state index in [1.54, 1.807) is 0 Å². The third-order valence-electron chi connectivity index (χ3n) is 4.72. The van der Waals surface area contributed by atoms with Gasteiger partial charge in [0, 0.05) is 11.3 Å². The highest BCUT2D eigenvalue weighted by molar-refractivity contribution is 5.91. The van der Waals surface area contributed by atoms with Crippen LogP contribution < -0.4 is 10.6 Å². The van der Waals surface area contributed by atoms with E-state index in [0.717, 1.165) is 42.7 Å². The Bertz CT molecular complexity index is 953. The summed E-state index contributed by atoms with van der Waals surface area (Å²) in [5.74, 6) is 0.665. The molecule has 1 aliphatic heterocycles. The highest BCUT2D eigenvalue weighted by atomic mass is 35.5. The van der Waals surface area contributed by atoms with Crippen molar-refractivity contribution in [2.45, 2.75) is 26.2 Å². The van der Waals surface area contributed by atoms with E-state index in [-0.39, 0.29) is 24.7 Å². The highest BCUT2D eigenvalue weighted by Gasteiger charge is 2.15. The summed E-state index contributed by atoms with van der Waals surface area (Å²) in [5.41, 5.74) is 5.48. The molecule has 6 nitrogen and oxygen atoms in total. The van der Waals surface area contributed by atoms with Crippen LogP contribution in [-0.2, 0) is 24.1 Å². The maximum Gasteiger partial charge on any atom is 0.257 e. The van der Waals surface area contributed by atoms with Gasteiger partial charge in [-0.2, -0.15) is 4.98 Å². The van der Waals surface area contributed by atoms with Gasteiger partial charge in [-0.15, -0.1) is 12.4 Å². The van der Waals surface area contributed by atoms with Crippen molar-refractivity contribution in [3.63, 3.8) is 0 Å². The first-order valence-electron chi connectivity index (χ1n) is 9.19. The van der Waals surface area contributed by atoms with Crippen LogP contribution >= 0.6 is 12.4 Å². The molecule has 146 valence electrons. The van der Waals surface area contributed by atoms with Crippen molar-refractivity contribution in [2.24, 2.45) is 0 Å². The number of aryl methyl sites for hydroxylation is 1. The molecule has 3 aromatic rings. The number of hydrogen-bond acceptors (Lipinski definition) is 5. The molecule has 28 heavy (non-hydrogen) atoms. The predicted molar refractivity (Wildman–Crippen MR) is 111 cm³/mol. The highest BCUT2D eigenvalue weighted by Crippen LogP contribution is 2.23. The summed E-state index contributed by atoms with van der Waals surface area (Å²) in [6.45, 7) is 3.99. The van der Waals surface area contributed by atoms with E-state index in [2.05, 4.69) is 32.9 Å². The molecule has 0 bridgehead atoms. The number of carbonyl (C=O) groups is 1. The van der Waals surface area contributed by atoms with E-state index in [1.807, 2.05) is 37.3 Å². The first-order valence-corrected chi connectivity index (χ1v) is 9.19. The topological polar surface area (TPSA) is 80.0 Å². The third-order valence-corrected chi connectivity index (χ3v) is 4.72. The van der Waals surface area contributed by atoms with Crippen LogP contribution in [0.3, 0.4) is 0 Å². The minimum atomic E-state index is -0.167. The van der Waals surface area contributed by atoms with Crippen molar-refractivity contribution >= 4 is 24.0 Å². The summed E-state index contributed by atoms with van der Waals surface area (Å²) in [6, 6.07) is 13.9. The molecule has 0 aliphatic carbocycles. The summed E-state index contributed by atoms with van der Waals surface area (Å²) >= 11 is 0. The summed E-state index contributed by atoms with van der Waals surface area (Å²) in [5, 5.41) is 10.2. The van der Waals surface area contributed by atoms with Crippen molar-refractivity contribution in [1.29, 1.82) is 0 Å². The van der Waals surface area contributed by atoms with Crippen LogP contribution in [0, 0.1) is 6.92 Å². The van der Waals surface area contributed by atoms with Gasteiger partial charge < -0.3 is 15.2 Å². The maximum atomic E-state index is 12.2. The number of amides is 1. The summed E-state index contributed by atoms with van der Waals surface area (Å²) in [6.07, 6.45) is 2.10. The number of hydrogen-bond donors (Lipinski definition) is 2. The van der Waals surface area contributed by atoms with E-state index in [1.165, 1.54) is 11.1 Å². The number of rotatable bonds is 4. The molecular weight excluding hydrogens is 376 g/mol. The number of nitrogens with zero attached hydrogens (tertiary/aromatic N) is 2. The lowest BCUT2D eigenvalue weighted by Gasteiger charge is -2.05. The molecule has 0 radical (unpaired) electrons. The Morgan fingerprint density at radius 1 is 1.11 bits per heavy atom. The van der Waals surface area contributed by atoms with Gasteiger partial charge in [0.1, 0.15) is 0 Å². The van der Waals surface area contributed by atoms with Crippen molar-refractivity contribution in [3.8, 4) is 11.5 Å². The number of aromatic nitrogens is 2. The van der Waals surface area contributed by atoms with Gasteiger partial charge >= 0.3 is 0 Å². The molecule has 0 atom stereocenters. The molecule has 0 fully saturated rings. The van der Waals surface area contributed by atoms with Gasteiger partial charge in [0.25, 0.3) is 5.89 Å². The molecule has 7 heteroatoms. The third kappa shape index (κ3) is 4.77. The molecule has 1 aliphatic rings. The van der Waals surface area contributed by atoms with E-state index in [9.17, 15) is 4.79 Å². The largest absolute Gasteiger partial charge is 0.334 e. The Morgan fingerprint density at radius 3 is 2.64 bits per heavy atom. The van der Waals surface area contributed by atoms with Gasteiger partial charge in [-0.05, 0) is 68.2 Å². The van der Waals surface area contributed by atoms with Crippen LogP contribution in [0.4, 0.5) is 5.69 Å². The Kier molecular flexibility index (Phi) is 6.44. The second-order valence-corrected chi connectivity index (χ2v) is 6.84. The fourth-order valence-corrected chi connectivity index (χ4v) is 3.24. The summed E-state index contributed by atoms with van der Waals surface area (Å²) < 4.78 is 5.38. The molecule has 0 saturated heterocycles. The lowest BCUT2D eigenvalue weighted by molar-refractivity contribution is -0.115. The van der Waals surface area contributed by atoms with E-state index in [4.69, 9.17) is 4.52 Å². The smallest absolute Gasteiger partial charge is 0.257 e. The summed E-state index contributed by atoms with van der Waals surface area (Å²) in [4.78, 5) is 16.6. The Morgan fingerprint density at radius 2 is 1.86 bits per heavy atom. The first kappa shape index (κ1) is 20.0. The zero-order valence-corrected chi connectivity index (χ0v) is 16.5. The second kappa shape index (κ2) is 8.99. The maximum absolute atomic E-state index is 12.2. The average Bonchev–Trinajstić information content (AvgIpc) is 2.99. The van der Waals surface area contributed by atoms with Gasteiger partial charge in [-0.3, -0.25) is 4.79 Å². The number of halogens is 1. The first-order chi connectivity index (χ1) is 13.2. The van der Waals surface area contributed by atoms with Crippen LogP contribution in [0.2, 0.25) is 0 Å². The molecule has 0 spiro atoms. The number of nitrogens with one attached hydrogen (secondary N) is 2. The number of carbonyl (C=O) groups excluding carboxylic acids is 1. The standard InChI is InChI=1S/C21H22N4O2.ClH/c1-14-2-6-18(7-3-14)23-20(26)13-19-24-21(27-25-19)17-5-4-15-8-10-22-11-9-16(15)12-17;/h2-7,12,22H,8-11,13H2,1H3,(H,23,26);1H. The van der Waals surface area contributed by atoms with E-state index < -0.39 is 0 Å². The van der Waals surface area contributed by atoms with E-state index >= 15 is 0 Å². The Balaban J connectivity index is 0.00000225. The van der Waals surface area contributed by atoms with Crippen LogP contribution in [-0.4, -0.2) is 29.1 Å². The number of anilines is 1. The van der Waals surface area contributed by atoms with Crippen LogP contribution in [0.15, 0.2) is 47.0 Å². The van der Waals surface area contributed by atoms with Crippen LogP contribution in [0.1, 0.15) is 22.5 Å². The predicted octanol–water partition coefficient (Wildman–Crippen LogP) is 3.34. The average molecular weight is 399 g/mol.